The van der Waals surface area contributed by atoms with Crippen LogP contribution >= 0.6 is 0 Å². The van der Waals surface area contributed by atoms with Crippen LogP contribution in [0.4, 0.5) is 0 Å². The third-order valence-corrected chi connectivity index (χ3v) is 3.23. The minimum atomic E-state index is 0.178. The number of rotatable bonds is 1. The molecule has 0 bridgehead atoms. The molecule has 13 heavy (non-hydrogen) atoms. The van der Waals surface area contributed by atoms with Gasteiger partial charge in [0.25, 0.3) is 0 Å². The van der Waals surface area contributed by atoms with Crippen LogP contribution in [0.3, 0.4) is 0 Å². The molecule has 3 N–H and O–H groups in total. The van der Waals surface area contributed by atoms with Gasteiger partial charge in [-0.05, 0) is 13.3 Å². The van der Waals surface area contributed by atoms with Crippen LogP contribution in [0.5, 0.6) is 0 Å². The lowest BCUT2D eigenvalue weighted by atomic mass is 10.0. The maximum Gasteiger partial charge on any atom is 0.228 e. The second-order valence-corrected chi connectivity index (χ2v) is 4.08. The topological polar surface area (TPSA) is 58.4 Å². The van der Waals surface area contributed by atoms with Crippen LogP contribution in [0, 0.1) is 5.92 Å². The van der Waals surface area contributed by atoms with Crippen molar-refractivity contribution in [1.82, 2.24) is 10.2 Å². The summed E-state index contributed by atoms with van der Waals surface area (Å²) in [6, 6.07) is 0.407. The number of carbonyl (C=O) groups is 1. The van der Waals surface area contributed by atoms with Crippen molar-refractivity contribution in [2.75, 3.05) is 19.6 Å². The van der Waals surface area contributed by atoms with E-state index < -0.39 is 0 Å². The molecule has 2 saturated heterocycles. The smallest absolute Gasteiger partial charge is 0.228 e. The molecule has 2 rings (SSSR count). The highest BCUT2D eigenvalue weighted by atomic mass is 16.2. The molecule has 0 radical (unpaired) electrons. The molecule has 0 aliphatic carbocycles. The van der Waals surface area contributed by atoms with Crippen molar-refractivity contribution >= 4 is 5.91 Å². The quantitative estimate of drug-likeness (QED) is 0.557. The molecule has 4 nitrogen and oxygen atoms in total. The van der Waals surface area contributed by atoms with E-state index in [1.54, 1.807) is 0 Å². The largest absolute Gasteiger partial charge is 0.338 e. The number of nitrogens with zero attached hydrogens (tertiary/aromatic N) is 1. The molecular formula is C9H17N3O. The Balaban J connectivity index is 1.96. The average molecular weight is 183 g/mol. The van der Waals surface area contributed by atoms with Gasteiger partial charge in [0.2, 0.25) is 5.91 Å². The van der Waals surface area contributed by atoms with Gasteiger partial charge in [-0.15, -0.1) is 0 Å². The van der Waals surface area contributed by atoms with E-state index in [1.165, 1.54) is 0 Å². The van der Waals surface area contributed by atoms with Crippen molar-refractivity contribution in [3.8, 4) is 0 Å². The van der Waals surface area contributed by atoms with E-state index >= 15 is 0 Å². The lowest BCUT2D eigenvalue weighted by Gasteiger charge is -2.32. The van der Waals surface area contributed by atoms with Gasteiger partial charge in [-0.1, -0.05) is 0 Å². The Morgan fingerprint density at radius 2 is 2.23 bits per heavy atom. The van der Waals surface area contributed by atoms with Gasteiger partial charge >= 0.3 is 0 Å². The van der Waals surface area contributed by atoms with Gasteiger partial charge in [0, 0.05) is 31.7 Å². The predicted molar refractivity (Wildman–Crippen MR) is 50.1 cm³/mol. The van der Waals surface area contributed by atoms with Crippen LogP contribution in [-0.4, -0.2) is 42.5 Å². The molecule has 2 aliphatic rings. The van der Waals surface area contributed by atoms with Crippen LogP contribution in [0.2, 0.25) is 0 Å². The van der Waals surface area contributed by atoms with Crippen molar-refractivity contribution in [3.63, 3.8) is 0 Å². The molecule has 0 spiro atoms. The van der Waals surface area contributed by atoms with E-state index in [-0.39, 0.29) is 18.0 Å². The van der Waals surface area contributed by atoms with Gasteiger partial charge in [0.15, 0.2) is 0 Å². The maximum absolute atomic E-state index is 11.8. The van der Waals surface area contributed by atoms with E-state index in [1.807, 2.05) is 11.8 Å². The highest BCUT2D eigenvalue weighted by Crippen LogP contribution is 2.19. The Labute approximate surface area is 78.5 Å². The average Bonchev–Trinajstić information content (AvgIpc) is 2.29. The summed E-state index contributed by atoms with van der Waals surface area (Å²) in [6.07, 6.45) is 0.951. The zero-order valence-corrected chi connectivity index (χ0v) is 7.99. The van der Waals surface area contributed by atoms with Gasteiger partial charge < -0.3 is 16.0 Å². The molecule has 4 heteroatoms. The normalized spacial score (nSPS) is 34.8. The molecule has 2 aliphatic heterocycles. The number of hydrogen-bond donors (Lipinski definition) is 2. The molecule has 0 aromatic heterocycles. The summed E-state index contributed by atoms with van der Waals surface area (Å²) in [5.74, 6) is 0.506. The molecule has 2 atom stereocenters. The third kappa shape index (κ3) is 1.44. The summed E-state index contributed by atoms with van der Waals surface area (Å²) >= 11 is 0. The van der Waals surface area contributed by atoms with E-state index in [4.69, 9.17) is 5.73 Å². The first kappa shape index (κ1) is 8.97. The van der Waals surface area contributed by atoms with Crippen LogP contribution in [0.15, 0.2) is 0 Å². The third-order valence-electron chi connectivity index (χ3n) is 3.23. The first-order valence-electron chi connectivity index (χ1n) is 4.97. The molecular weight excluding hydrogens is 166 g/mol. The summed E-state index contributed by atoms with van der Waals surface area (Å²) in [6.45, 7) is 4.58. The van der Waals surface area contributed by atoms with E-state index in [0.717, 1.165) is 26.1 Å². The Kier molecular flexibility index (Phi) is 2.26. The standard InChI is InChI=1S/C9H17N3O/c1-6-8(10)2-3-12(6)9(13)7-4-11-5-7/h6-8,11H,2-5,10H2,1H3. The highest BCUT2D eigenvalue weighted by molar-refractivity contribution is 5.80. The second-order valence-electron chi connectivity index (χ2n) is 4.08. The summed E-state index contributed by atoms with van der Waals surface area (Å²) in [7, 11) is 0. The van der Waals surface area contributed by atoms with Gasteiger partial charge in [-0.2, -0.15) is 0 Å². The number of nitrogens with two attached hydrogens (primary N) is 1. The van der Waals surface area contributed by atoms with Gasteiger partial charge in [0.1, 0.15) is 0 Å². The number of likely N-dealkylation sites (tertiary alicyclic amines) is 1. The zero-order valence-electron chi connectivity index (χ0n) is 7.99. The van der Waals surface area contributed by atoms with E-state index in [2.05, 4.69) is 5.32 Å². The fourth-order valence-corrected chi connectivity index (χ4v) is 1.97. The number of carbonyl (C=O) groups excluding carboxylic acids is 1. The van der Waals surface area contributed by atoms with Gasteiger partial charge in [0.05, 0.1) is 5.92 Å². The maximum atomic E-state index is 11.8. The zero-order chi connectivity index (χ0) is 9.42. The van der Waals surface area contributed by atoms with Crippen LogP contribution in [-0.2, 0) is 4.79 Å². The van der Waals surface area contributed by atoms with Crippen molar-refractivity contribution in [2.45, 2.75) is 25.4 Å². The molecule has 0 aromatic carbocycles. The Hall–Kier alpha value is -0.610. The first-order chi connectivity index (χ1) is 6.20. The first-order valence-corrected chi connectivity index (χ1v) is 4.97. The molecule has 2 unspecified atom stereocenters. The minimum Gasteiger partial charge on any atom is -0.338 e. The van der Waals surface area contributed by atoms with Crippen molar-refractivity contribution in [1.29, 1.82) is 0 Å². The minimum absolute atomic E-state index is 0.178. The fraction of sp³-hybridized carbons (Fsp3) is 0.889. The fourth-order valence-electron chi connectivity index (χ4n) is 1.97. The molecule has 0 aromatic rings. The van der Waals surface area contributed by atoms with Crippen molar-refractivity contribution in [3.05, 3.63) is 0 Å². The Morgan fingerprint density at radius 1 is 1.54 bits per heavy atom. The molecule has 2 heterocycles. The molecule has 2 fully saturated rings. The van der Waals surface area contributed by atoms with Gasteiger partial charge in [-0.25, -0.2) is 0 Å². The predicted octanol–water partition coefficient (Wildman–Crippen LogP) is -0.846. The van der Waals surface area contributed by atoms with Gasteiger partial charge in [-0.3, -0.25) is 4.79 Å². The second kappa shape index (κ2) is 3.27. The van der Waals surface area contributed by atoms with E-state index in [9.17, 15) is 4.79 Å². The number of nitrogens with one attached hydrogen (secondary N) is 1. The molecule has 0 saturated carbocycles. The Bertz CT molecular complexity index is 215. The van der Waals surface area contributed by atoms with E-state index in [0.29, 0.717) is 5.91 Å². The number of amides is 1. The summed E-state index contributed by atoms with van der Waals surface area (Å²) in [5, 5.41) is 3.11. The van der Waals surface area contributed by atoms with Crippen molar-refractivity contribution in [2.24, 2.45) is 11.7 Å². The summed E-state index contributed by atoms with van der Waals surface area (Å²) in [5.41, 5.74) is 5.86. The highest BCUT2D eigenvalue weighted by Gasteiger charge is 2.36. The number of hydrogen-bond acceptors (Lipinski definition) is 3. The van der Waals surface area contributed by atoms with Crippen molar-refractivity contribution < 1.29 is 4.79 Å². The Morgan fingerprint density at radius 3 is 2.62 bits per heavy atom. The van der Waals surface area contributed by atoms with Crippen LogP contribution in [0.1, 0.15) is 13.3 Å². The molecule has 1 amide bonds. The molecule has 74 valence electrons. The van der Waals surface area contributed by atoms with Crippen LogP contribution < -0.4 is 11.1 Å². The summed E-state index contributed by atoms with van der Waals surface area (Å²) in [4.78, 5) is 13.8. The van der Waals surface area contributed by atoms with Crippen LogP contribution in [0.25, 0.3) is 0 Å². The lowest BCUT2D eigenvalue weighted by molar-refractivity contribution is -0.137. The monoisotopic (exact) mass is 183 g/mol. The SMILES string of the molecule is CC1C(N)CCN1C(=O)C1CNC1. The summed E-state index contributed by atoms with van der Waals surface area (Å²) < 4.78 is 0. The lowest BCUT2D eigenvalue weighted by Crippen LogP contribution is -2.53.